The van der Waals surface area contributed by atoms with Crippen LogP contribution in [0.15, 0.2) is 48.5 Å². The van der Waals surface area contributed by atoms with Gasteiger partial charge in [0.1, 0.15) is 0 Å². The number of hydrogen-bond acceptors (Lipinski definition) is 7. The van der Waals surface area contributed by atoms with Gasteiger partial charge in [0.25, 0.3) is 0 Å². The second kappa shape index (κ2) is 10.3. The minimum Gasteiger partial charge on any atom is -0.368 e. The molecule has 2 aliphatic heterocycles. The number of carbonyl (C=O) groups excluding carboxylic acids is 2. The molecule has 3 aromatic rings. The molecule has 2 saturated heterocycles. The van der Waals surface area contributed by atoms with Crippen LogP contribution in [0.2, 0.25) is 0 Å². The number of unbranched alkanes of at least 4 members (excludes halogenated alkanes) is 1. The Morgan fingerprint density at radius 1 is 1.03 bits per heavy atom. The summed E-state index contributed by atoms with van der Waals surface area (Å²) in [6, 6.07) is 16.1. The molecule has 3 heterocycles. The van der Waals surface area contributed by atoms with E-state index in [-0.39, 0.29) is 30.0 Å². The standard InChI is InChI=1S/C24H28N8O2S/c25-22-30-23(32-31-22)27-17-11-7-15(8-12-17)14-5-9-16(10-6-14)26-20(33)4-2-1-3-19-21-18(13-35-19)28-24(34)29-21/h5-12,18-19,21H,1-4,13H2,(H,26,33)(H2,28,29,34)(H4,25,27,30,31,32)/t18-,19-,21-/m0/s1. The average molecular weight is 493 g/mol. The number of fused-ring (bicyclic) bond motifs is 1. The minimum absolute atomic E-state index is 0.0218. The highest BCUT2D eigenvalue weighted by Crippen LogP contribution is 2.33. The van der Waals surface area contributed by atoms with Crippen LogP contribution in [-0.4, -0.2) is 50.2 Å². The van der Waals surface area contributed by atoms with Crippen molar-refractivity contribution in [2.24, 2.45) is 0 Å². The van der Waals surface area contributed by atoms with E-state index in [0.717, 1.165) is 47.5 Å². The Kier molecular flexibility index (Phi) is 6.75. The molecule has 35 heavy (non-hydrogen) atoms. The summed E-state index contributed by atoms with van der Waals surface area (Å²) in [5.41, 5.74) is 9.29. The molecule has 0 radical (unpaired) electrons. The number of urea groups is 1. The fraction of sp³-hybridized carbons (Fsp3) is 0.333. The highest BCUT2D eigenvalue weighted by atomic mass is 32.2. The fourth-order valence-corrected chi connectivity index (χ4v) is 5.99. The third kappa shape index (κ3) is 5.68. The molecule has 2 aliphatic rings. The Hall–Kier alpha value is -3.73. The van der Waals surface area contributed by atoms with E-state index in [0.29, 0.717) is 17.6 Å². The third-order valence-electron chi connectivity index (χ3n) is 6.23. The zero-order valence-corrected chi connectivity index (χ0v) is 19.9. The Labute approximate surface area is 207 Å². The number of carbonyl (C=O) groups is 2. The molecule has 2 fully saturated rings. The van der Waals surface area contributed by atoms with Crippen molar-refractivity contribution in [1.82, 2.24) is 25.8 Å². The van der Waals surface area contributed by atoms with Crippen molar-refractivity contribution in [1.29, 1.82) is 0 Å². The number of nitrogen functional groups attached to an aromatic ring is 1. The van der Waals surface area contributed by atoms with Gasteiger partial charge in [0, 0.05) is 28.8 Å². The summed E-state index contributed by atoms with van der Waals surface area (Å²) < 4.78 is 0. The molecule has 7 N–H and O–H groups in total. The van der Waals surface area contributed by atoms with Crippen molar-refractivity contribution < 1.29 is 9.59 Å². The highest BCUT2D eigenvalue weighted by molar-refractivity contribution is 8.00. The summed E-state index contributed by atoms with van der Waals surface area (Å²) in [5.74, 6) is 1.66. The van der Waals surface area contributed by atoms with Gasteiger partial charge in [-0.3, -0.25) is 4.79 Å². The Morgan fingerprint density at radius 3 is 2.43 bits per heavy atom. The summed E-state index contributed by atoms with van der Waals surface area (Å²) in [6.45, 7) is 0. The molecular formula is C24H28N8O2S. The van der Waals surface area contributed by atoms with Crippen molar-refractivity contribution >= 4 is 47.0 Å². The predicted octanol–water partition coefficient (Wildman–Crippen LogP) is 3.46. The number of nitrogens with zero attached hydrogens (tertiary/aromatic N) is 2. The van der Waals surface area contributed by atoms with E-state index < -0.39 is 0 Å². The van der Waals surface area contributed by atoms with Crippen molar-refractivity contribution in [2.75, 3.05) is 22.1 Å². The van der Waals surface area contributed by atoms with E-state index in [1.807, 2.05) is 60.3 Å². The quantitative estimate of drug-likeness (QED) is 0.198. The molecule has 5 rings (SSSR count). The first-order valence-electron chi connectivity index (χ1n) is 11.7. The summed E-state index contributed by atoms with van der Waals surface area (Å²) in [5, 5.41) is 19.0. The molecule has 182 valence electrons. The Bertz CT molecular complexity index is 1180. The van der Waals surface area contributed by atoms with Gasteiger partial charge in [0.2, 0.25) is 17.8 Å². The van der Waals surface area contributed by atoms with Crippen LogP contribution in [-0.2, 0) is 4.79 Å². The number of nitrogens with two attached hydrogens (primary N) is 1. The molecule has 2 aromatic carbocycles. The topological polar surface area (TPSA) is 150 Å². The van der Waals surface area contributed by atoms with Crippen LogP contribution in [0.4, 0.5) is 28.1 Å². The molecule has 1 aromatic heterocycles. The number of rotatable bonds is 9. The van der Waals surface area contributed by atoms with E-state index in [9.17, 15) is 9.59 Å². The molecule has 10 nitrogen and oxygen atoms in total. The molecule has 3 atom stereocenters. The van der Waals surface area contributed by atoms with Crippen LogP contribution in [0.5, 0.6) is 0 Å². The summed E-state index contributed by atoms with van der Waals surface area (Å²) in [6.07, 6.45) is 3.30. The number of thioether (sulfide) groups is 1. The molecule has 0 bridgehead atoms. The average Bonchev–Trinajstić information content (AvgIpc) is 3.54. The van der Waals surface area contributed by atoms with Gasteiger partial charge < -0.3 is 27.0 Å². The number of nitrogens with one attached hydrogen (secondary N) is 5. The number of anilines is 4. The second-order valence-corrected chi connectivity index (χ2v) is 10.0. The van der Waals surface area contributed by atoms with Crippen molar-refractivity contribution in [3.63, 3.8) is 0 Å². The van der Waals surface area contributed by atoms with E-state index in [1.54, 1.807) is 0 Å². The number of aromatic amines is 1. The van der Waals surface area contributed by atoms with Crippen LogP contribution in [0.3, 0.4) is 0 Å². The summed E-state index contributed by atoms with van der Waals surface area (Å²) in [4.78, 5) is 27.9. The van der Waals surface area contributed by atoms with Crippen molar-refractivity contribution in [3.8, 4) is 11.1 Å². The SMILES string of the molecule is Nc1nc(Nc2ccc(-c3ccc(NC(=O)CCCC[C@@H]4SC[C@@H]5NC(=O)N[C@@H]54)cc3)cc2)n[nH]1. The van der Waals surface area contributed by atoms with Crippen LogP contribution in [0, 0.1) is 0 Å². The lowest BCUT2D eigenvalue weighted by molar-refractivity contribution is -0.116. The molecule has 11 heteroatoms. The molecule has 0 spiro atoms. The molecule has 0 unspecified atom stereocenters. The maximum atomic E-state index is 12.4. The summed E-state index contributed by atoms with van der Waals surface area (Å²) >= 11 is 1.91. The highest BCUT2D eigenvalue weighted by Gasteiger charge is 2.42. The van der Waals surface area contributed by atoms with Crippen LogP contribution >= 0.6 is 11.8 Å². The normalized spacial score (nSPS) is 20.7. The largest absolute Gasteiger partial charge is 0.368 e. The van der Waals surface area contributed by atoms with E-state index >= 15 is 0 Å². The van der Waals surface area contributed by atoms with Gasteiger partial charge >= 0.3 is 6.03 Å². The first kappa shape index (κ1) is 23.0. The van der Waals surface area contributed by atoms with Crippen LogP contribution in [0.25, 0.3) is 11.1 Å². The van der Waals surface area contributed by atoms with Crippen LogP contribution in [0.1, 0.15) is 25.7 Å². The number of amides is 3. The van der Waals surface area contributed by atoms with Crippen molar-refractivity contribution in [3.05, 3.63) is 48.5 Å². The van der Waals surface area contributed by atoms with Gasteiger partial charge in [-0.15, -0.1) is 5.10 Å². The summed E-state index contributed by atoms with van der Waals surface area (Å²) in [7, 11) is 0. The van der Waals surface area contributed by atoms with Gasteiger partial charge in [-0.05, 0) is 48.2 Å². The number of H-pyrrole nitrogens is 1. The van der Waals surface area contributed by atoms with E-state index in [4.69, 9.17) is 5.73 Å². The maximum absolute atomic E-state index is 12.4. The first-order chi connectivity index (χ1) is 17.0. The molecule has 3 amide bonds. The maximum Gasteiger partial charge on any atom is 0.315 e. The zero-order chi connectivity index (χ0) is 24.2. The predicted molar refractivity (Wildman–Crippen MR) is 139 cm³/mol. The second-order valence-electron chi connectivity index (χ2n) is 8.74. The lowest BCUT2D eigenvalue weighted by Gasteiger charge is -2.16. The molecule has 0 saturated carbocycles. The molecule has 0 aliphatic carbocycles. The molecular weight excluding hydrogens is 464 g/mol. The third-order valence-corrected chi connectivity index (χ3v) is 7.74. The van der Waals surface area contributed by atoms with Gasteiger partial charge in [0.05, 0.1) is 12.1 Å². The smallest absolute Gasteiger partial charge is 0.315 e. The van der Waals surface area contributed by atoms with E-state index in [1.165, 1.54) is 0 Å². The Morgan fingerprint density at radius 2 is 1.74 bits per heavy atom. The Balaban J connectivity index is 1.05. The van der Waals surface area contributed by atoms with Gasteiger partial charge in [-0.1, -0.05) is 30.7 Å². The lowest BCUT2D eigenvalue weighted by atomic mass is 10.0. The minimum atomic E-state index is -0.0570. The van der Waals surface area contributed by atoms with Gasteiger partial charge in [-0.25, -0.2) is 9.89 Å². The number of benzene rings is 2. The van der Waals surface area contributed by atoms with E-state index in [2.05, 4.69) is 36.4 Å². The lowest BCUT2D eigenvalue weighted by Crippen LogP contribution is -2.36. The number of aromatic nitrogens is 3. The van der Waals surface area contributed by atoms with Crippen LogP contribution < -0.4 is 27.0 Å². The van der Waals surface area contributed by atoms with Gasteiger partial charge in [0.15, 0.2) is 0 Å². The van der Waals surface area contributed by atoms with Crippen molar-refractivity contribution in [2.45, 2.75) is 43.0 Å². The monoisotopic (exact) mass is 492 g/mol. The van der Waals surface area contributed by atoms with Gasteiger partial charge in [-0.2, -0.15) is 16.7 Å². The first-order valence-corrected chi connectivity index (χ1v) is 12.7. The zero-order valence-electron chi connectivity index (χ0n) is 19.1. The number of hydrogen-bond donors (Lipinski definition) is 6. The fourth-order valence-electron chi connectivity index (χ4n) is 4.45.